The molecule has 0 radical (unpaired) electrons. The van der Waals surface area contributed by atoms with Crippen LogP contribution in [-0.2, 0) is 27.9 Å². The second-order valence-electron chi connectivity index (χ2n) is 22.9. The molecule has 0 saturated carbocycles. The number of ether oxygens (including phenoxy) is 1. The van der Waals surface area contributed by atoms with Gasteiger partial charge in [0, 0.05) is 12.8 Å². The van der Waals surface area contributed by atoms with Crippen molar-refractivity contribution in [2.24, 2.45) is 0 Å². The van der Waals surface area contributed by atoms with E-state index in [0.29, 0.717) is 23.9 Å². The Morgan fingerprint density at radius 1 is 0.444 bits per heavy atom. The van der Waals surface area contributed by atoms with Crippen molar-refractivity contribution in [1.29, 1.82) is 0 Å². The maximum atomic E-state index is 13.6. The topological polar surface area (TPSA) is 114 Å². The summed E-state index contributed by atoms with van der Waals surface area (Å²) >= 11 is 0. The number of likely N-dealkylation sites (N-methyl/N-ethyl adjacent to an activating group) is 1. The molecule has 3 atom stereocenters. The Labute approximate surface area is 499 Å². The molecule has 3 unspecified atom stereocenters. The lowest BCUT2D eigenvalue weighted by atomic mass is 10.0. The van der Waals surface area contributed by atoms with Crippen LogP contribution in [0.15, 0.2) is 122 Å². The lowest BCUT2D eigenvalue weighted by Crippen LogP contribution is -2.47. The fourth-order valence-corrected chi connectivity index (χ4v) is 9.55. The first-order valence-corrected chi connectivity index (χ1v) is 34.3. The van der Waals surface area contributed by atoms with Gasteiger partial charge in [-0.1, -0.05) is 252 Å². The predicted molar refractivity (Wildman–Crippen MR) is 348 cm³/mol. The van der Waals surface area contributed by atoms with E-state index in [1.807, 2.05) is 33.3 Å². The molecule has 0 aliphatic heterocycles. The van der Waals surface area contributed by atoms with E-state index < -0.39 is 26.6 Å². The largest absolute Gasteiger partial charge is 0.756 e. The van der Waals surface area contributed by atoms with Gasteiger partial charge in [0.05, 0.1) is 33.8 Å². The number of esters is 1. The van der Waals surface area contributed by atoms with Crippen LogP contribution in [0.2, 0.25) is 0 Å². The first-order valence-electron chi connectivity index (χ1n) is 32.8. The normalized spacial score (nSPS) is 14.4. The highest BCUT2D eigenvalue weighted by Gasteiger charge is 2.27. The summed E-state index contributed by atoms with van der Waals surface area (Å²) in [5.74, 6) is -0.596. The summed E-state index contributed by atoms with van der Waals surface area (Å²) in [6.45, 7) is 6.66. The molecule has 0 spiro atoms. The Hall–Kier alpha value is -3.59. The number of hydrogen-bond acceptors (Lipinski definition) is 7. The summed E-state index contributed by atoms with van der Waals surface area (Å²) < 4.78 is 30.4. The minimum absolute atomic E-state index is 0.0374. The SMILES string of the molecule is CC/C=C\C/C=C\C/C=C\C/C=C\C/C=C\CCCCCC(=O)NC(COP(=O)([O-])OCC[N+](C)(C)C)C(/C=C/CCCCCCCCCCCCC)OC(=O)CCCCCCCCC/C=C\C/C=C\C/C=C\C/C=C\CCCCC. The minimum Gasteiger partial charge on any atom is -0.756 e. The molecule has 464 valence electrons. The number of nitrogens with one attached hydrogen (secondary N) is 1. The third kappa shape index (κ3) is 60.8. The van der Waals surface area contributed by atoms with Crippen LogP contribution in [0.25, 0.3) is 0 Å². The number of phosphoric ester groups is 1. The summed E-state index contributed by atoms with van der Waals surface area (Å²) in [7, 11) is 1.14. The van der Waals surface area contributed by atoms with Gasteiger partial charge in [0.15, 0.2) is 0 Å². The first kappa shape index (κ1) is 77.4. The van der Waals surface area contributed by atoms with E-state index in [9.17, 15) is 19.0 Å². The Balaban J connectivity index is 5.31. The molecule has 0 fully saturated rings. The standard InChI is InChI=1S/C71H123N2O7P/c1-7-10-13-16-19-22-25-28-30-32-34-35-36-37-39-41-43-46-49-52-55-58-61-64-71(75)80-69(62-59-56-53-50-47-44-27-24-21-18-15-12-9-3)68(67-79-81(76,77)78-66-65-73(4,5)6)72-70(74)63-60-57-54-51-48-45-42-40-38-33-31-29-26-23-20-17-14-11-8-2/h11,14,19-20,22-23,28-31,34-35,37-40,45,48,59,62,68-69H,7-10,12-13,15-18,21,24-27,32-33,36,41-44,46-47,49-58,60-61,63-67H2,1-6H3,(H-,72,74,76,77)/b14-11-,22-19-,23-20-,30-28-,31-29-,35-34-,39-37-,40-38-,48-45-,62-59+. The molecule has 0 aliphatic rings. The lowest BCUT2D eigenvalue weighted by Gasteiger charge is -2.30. The molecule has 0 aromatic carbocycles. The Bertz CT molecular complexity index is 1800. The van der Waals surface area contributed by atoms with E-state index in [-0.39, 0.29) is 31.3 Å². The predicted octanol–water partition coefficient (Wildman–Crippen LogP) is 20.0. The molecule has 9 nitrogen and oxygen atoms in total. The van der Waals surface area contributed by atoms with Crippen LogP contribution in [0.1, 0.15) is 265 Å². The van der Waals surface area contributed by atoms with Crippen LogP contribution < -0.4 is 10.2 Å². The number of phosphoric acid groups is 1. The molecular weight excluding hydrogens is 1020 g/mol. The fourth-order valence-electron chi connectivity index (χ4n) is 8.83. The van der Waals surface area contributed by atoms with Crippen molar-refractivity contribution >= 4 is 19.7 Å². The van der Waals surface area contributed by atoms with Crippen molar-refractivity contribution in [1.82, 2.24) is 5.32 Å². The van der Waals surface area contributed by atoms with Gasteiger partial charge in [-0.3, -0.25) is 14.2 Å². The Morgan fingerprint density at radius 3 is 1.22 bits per heavy atom. The molecule has 10 heteroatoms. The van der Waals surface area contributed by atoms with Gasteiger partial charge < -0.3 is 28.5 Å². The molecule has 0 rings (SSSR count). The van der Waals surface area contributed by atoms with Gasteiger partial charge >= 0.3 is 5.97 Å². The van der Waals surface area contributed by atoms with Gasteiger partial charge in [0.2, 0.25) is 5.91 Å². The molecule has 0 heterocycles. The maximum Gasteiger partial charge on any atom is 0.306 e. The van der Waals surface area contributed by atoms with Crippen LogP contribution in [0.4, 0.5) is 0 Å². The van der Waals surface area contributed by atoms with Gasteiger partial charge in [-0.25, -0.2) is 0 Å². The highest BCUT2D eigenvalue weighted by atomic mass is 31.2. The molecule has 0 bridgehead atoms. The zero-order valence-corrected chi connectivity index (χ0v) is 53.8. The maximum absolute atomic E-state index is 13.6. The number of amides is 1. The number of unbranched alkanes of at least 4 members (excludes halogenated alkanes) is 24. The van der Waals surface area contributed by atoms with E-state index in [1.54, 1.807) is 0 Å². The number of hydrogen-bond donors (Lipinski definition) is 1. The van der Waals surface area contributed by atoms with Gasteiger partial charge in [0.1, 0.15) is 19.3 Å². The van der Waals surface area contributed by atoms with Crippen molar-refractivity contribution in [3.05, 3.63) is 122 Å². The zero-order chi connectivity index (χ0) is 59.3. The van der Waals surface area contributed by atoms with Gasteiger partial charge in [0.25, 0.3) is 7.82 Å². The summed E-state index contributed by atoms with van der Waals surface area (Å²) in [5, 5.41) is 3.01. The van der Waals surface area contributed by atoms with Gasteiger partial charge in [-0.05, 0) is 122 Å². The van der Waals surface area contributed by atoms with Gasteiger partial charge in [-0.15, -0.1) is 0 Å². The third-order valence-corrected chi connectivity index (χ3v) is 14.8. The first-order chi connectivity index (χ1) is 39.4. The molecule has 0 saturated heterocycles. The number of rotatable bonds is 58. The second kappa shape index (κ2) is 59.6. The molecule has 1 N–H and O–H groups in total. The molecule has 0 aromatic heterocycles. The monoisotopic (exact) mass is 1150 g/mol. The molecular formula is C71H123N2O7P. The smallest absolute Gasteiger partial charge is 0.306 e. The Kier molecular flexibility index (Phi) is 56.9. The average Bonchev–Trinajstić information content (AvgIpc) is 3.44. The highest BCUT2D eigenvalue weighted by molar-refractivity contribution is 7.45. The summed E-state index contributed by atoms with van der Waals surface area (Å²) in [4.78, 5) is 40.1. The van der Waals surface area contributed by atoms with Crippen molar-refractivity contribution in [2.45, 2.75) is 277 Å². The number of nitrogens with zero attached hydrogens (tertiary/aromatic N) is 1. The lowest BCUT2D eigenvalue weighted by molar-refractivity contribution is -0.870. The minimum atomic E-state index is -4.72. The van der Waals surface area contributed by atoms with E-state index in [1.165, 1.54) is 103 Å². The quantitative estimate of drug-likeness (QED) is 0.0212. The highest BCUT2D eigenvalue weighted by Crippen LogP contribution is 2.38. The second-order valence-corrected chi connectivity index (χ2v) is 24.3. The van der Waals surface area contributed by atoms with Crippen molar-refractivity contribution in [3.63, 3.8) is 0 Å². The number of carbonyl (C=O) groups is 2. The Morgan fingerprint density at radius 2 is 0.790 bits per heavy atom. The summed E-state index contributed by atoms with van der Waals surface area (Å²) in [6, 6.07) is -0.920. The van der Waals surface area contributed by atoms with Crippen LogP contribution in [0, 0.1) is 0 Å². The number of carbonyl (C=O) groups excluding carboxylic acids is 2. The number of quaternary nitrogens is 1. The summed E-state index contributed by atoms with van der Waals surface area (Å²) in [6.07, 6.45) is 83.1. The zero-order valence-electron chi connectivity index (χ0n) is 52.9. The molecule has 0 aromatic rings. The van der Waals surface area contributed by atoms with Crippen molar-refractivity contribution < 1.29 is 37.3 Å². The van der Waals surface area contributed by atoms with Crippen LogP contribution in [0.5, 0.6) is 0 Å². The third-order valence-electron chi connectivity index (χ3n) is 13.9. The van der Waals surface area contributed by atoms with E-state index in [4.69, 9.17) is 13.8 Å². The van der Waals surface area contributed by atoms with Crippen molar-refractivity contribution in [3.8, 4) is 0 Å². The van der Waals surface area contributed by atoms with Crippen molar-refractivity contribution in [2.75, 3.05) is 40.9 Å². The molecule has 1 amide bonds. The van der Waals surface area contributed by atoms with E-state index >= 15 is 0 Å². The fraction of sp³-hybridized carbons (Fsp3) is 0.690. The summed E-state index contributed by atoms with van der Waals surface area (Å²) in [5.41, 5.74) is 0. The van der Waals surface area contributed by atoms with Crippen LogP contribution >= 0.6 is 7.82 Å². The molecule has 0 aliphatic carbocycles. The van der Waals surface area contributed by atoms with E-state index in [2.05, 4.69) is 135 Å². The van der Waals surface area contributed by atoms with Crippen LogP contribution in [-0.4, -0.2) is 69.4 Å². The van der Waals surface area contributed by atoms with Gasteiger partial charge in [-0.2, -0.15) is 0 Å². The average molecular weight is 1150 g/mol. The number of allylic oxidation sites excluding steroid dienone is 19. The molecule has 81 heavy (non-hydrogen) atoms. The van der Waals surface area contributed by atoms with Crippen LogP contribution in [0.3, 0.4) is 0 Å². The van der Waals surface area contributed by atoms with E-state index in [0.717, 1.165) is 116 Å².